The summed E-state index contributed by atoms with van der Waals surface area (Å²) in [5.41, 5.74) is 2.07. The number of para-hydroxylation sites is 1. The Balaban J connectivity index is 1.60. The summed E-state index contributed by atoms with van der Waals surface area (Å²) in [5, 5.41) is 3.59. The first-order valence-electron chi connectivity index (χ1n) is 7.53. The topological polar surface area (TPSA) is 30.5 Å². The highest BCUT2D eigenvalue weighted by atomic mass is 16.6. The summed E-state index contributed by atoms with van der Waals surface area (Å²) in [6, 6.07) is 6.13. The van der Waals surface area contributed by atoms with Gasteiger partial charge in [0.1, 0.15) is 13.2 Å². The van der Waals surface area contributed by atoms with Crippen LogP contribution >= 0.6 is 0 Å². The molecule has 110 valence electrons. The second kappa shape index (κ2) is 4.66. The van der Waals surface area contributed by atoms with E-state index in [2.05, 4.69) is 39.1 Å². The lowest BCUT2D eigenvalue weighted by Crippen LogP contribution is -2.21. The van der Waals surface area contributed by atoms with Crippen molar-refractivity contribution >= 4 is 0 Å². The molecule has 1 aliphatic carbocycles. The lowest BCUT2D eigenvalue weighted by Gasteiger charge is -2.21. The van der Waals surface area contributed by atoms with Gasteiger partial charge in [-0.25, -0.2) is 0 Å². The van der Waals surface area contributed by atoms with Crippen LogP contribution in [-0.2, 0) is 6.54 Å². The van der Waals surface area contributed by atoms with E-state index >= 15 is 0 Å². The van der Waals surface area contributed by atoms with E-state index in [0.29, 0.717) is 24.0 Å². The molecule has 0 saturated heterocycles. The smallest absolute Gasteiger partial charge is 0.165 e. The Labute approximate surface area is 121 Å². The van der Waals surface area contributed by atoms with E-state index in [4.69, 9.17) is 9.47 Å². The van der Waals surface area contributed by atoms with Gasteiger partial charge < -0.3 is 14.8 Å². The highest BCUT2D eigenvalue weighted by Gasteiger charge is 2.63. The summed E-state index contributed by atoms with van der Waals surface area (Å²) in [4.78, 5) is 0. The molecule has 3 nitrogen and oxygen atoms in total. The van der Waals surface area contributed by atoms with E-state index in [1.807, 2.05) is 12.1 Å². The first-order valence-corrected chi connectivity index (χ1v) is 7.53. The van der Waals surface area contributed by atoms with Crippen LogP contribution in [0, 0.1) is 16.7 Å². The van der Waals surface area contributed by atoms with Gasteiger partial charge in [0.05, 0.1) is 0 Å². The summed E-state index contributed by atoms with van der Waals surface area (Å²) in [6.07, 6.45) is 0. The molecular formula is C17H25NO2. The van der Waals surface area contributed by atoms with Crippen LogP contribution in [0.15, 0.2) is 18.2 Å². The summed E-state index contributed by atoms with van der Waals surface area (Å²) >= 11 is 0. The van der Waals surface area contributed by atoms with Crippen LogP contribution in [0.3, 0.4) is 0 Å². The molecule has 20 heavy (non-hydrogen) atoms. The van der Waals surface area contributed by atoms with Crippen LogP contribution in [0.4, 0.5) is 0 Å². The van der Waals surface area contributed by atoms with E-state index in [1.165, 1.54) is 5.56 Å². The van der Waals surface area contributed by atoms with Crippen LogP contribution in [0.5, 0.6) is 11.5 Å². The minimum absolute atomic E-state index is 0.440. The maximum atomic E-state index is 5.74. The van der Waals surface area contributed by atoms with Crippen molar-refractivity contribution in [1.29, 1.82) is 0 Å². The van der Waals surface area contributed by atoms with Crippen molar-refractivity contribution in [2.45, 2.75) is 34.2 Å². The third-order valence-corrected chi connectivity index (χ3v) is 5.63. The molecule has 2 aliphatic rings. The van der Waals surface area contributed by atoms with Crippen LogP contribution in [0.25, 0.3) is 0 Å². The zero-order valence-electron chi connectivity index (χ0n) is 13.0. The number of fused-ring (bicyclic) bond motifs is 1. The minimum Gasteiger partial charge on any atom is -0.486 e. The van der Waals surface area contributed by atoms with Gasteiger partial charge in [-0.2, -0.15) is 0 Å². The molecule has 0 bridgehead atoms. The quantitative estimate of drug-likeness (QED) is 0.915. The Bertz CT molecular complexity index is 494. The normalized spacial score (nSPS) is 22.6. The molecule has 1 aliphatic heterocycles. The molecule has 3 heteroatoms. The van der Waals surface area contributed by atoms with Crippen LogP contribution in [0.2, 0.25) is 0 Å². The Morgan fingerprint density at radius 3 is 2.50 bits per heavy atom. The molecule has 0 atom stereocenters. The zero-order chi connectivity index (χ0) is 14.4. The van der Waals surface area contributed by atoms with Gasteiger partial charge in [-0.1, -0.05) is 39.8 Å². The summed E-state index contributed by atoms with van der Waals surface area (Å²) in [7, 11) is 0. The van der Waals surface area contributed by atoms with Crippen molar-refractivity contribution in [2.75, 3.05) is 19.8 Å². The number of hydrogen-bond acceptors (Lipinski definition) is 3. The standard InChI is InChI=1S/C17H25NO2/c1-16(2)14(17(16,3)4)11-18-10-12-6-5-7-13-15(12)20-9-8-19-13/h5-7,14,18H,8-11H2,1-4H3. The lowest BCUT2D eigenvalue weighted by atomic mass is 10.0. The average molecular weight is 275 g/mol. The molecule has 0 radical (unpaired) electrons. The number of hydrogen-bond donors (Lipinski definition) is 1. The first kappa shape index (κ1) is 13.7. The van der Waals surface area contributed by atoms with E-state index in [-0.39, 0.29) is 0 Å². The number of nitrogens with one attached hydrogen (secondary N) is 1. The fourth-order valence-electron chi connectivity index (χ4n) is 3.47. The predicted molar refractivity (Wildman–Crippen MR) is 80.2 cm³/mol. The van der Waals surface area contributed by atoms with Gasteiger partial charge in [0, 0.05) is 12.1 Å². The molecule has 1 aromatic carbocycles. The Morgan fingerprint density at radius 2 is 1.80 bits per heavy atom. The van der Waals surface area contributed by atoms with Crippen molar-refractivity contribution in [3.63, 3.8) is 0 Å². The fourth-order valence-corrected chi connectivity index (χ4v) is 3.47. The van der Waals surface area contributed by atoms with Crippen molar-refractivity contribution in [3.8, 4) is 11.5 Å². The maximum Gasteiger partial charge on any atom is 0.165 e. The molecule has 1 heterocycles. The monoisotopic (exact) mass is 275 g/mol. The highest BCUT2D eigenvalue weighted by Crippen LogP contribution is 2.67. The SMILES string of the molecule is CC1(C)C(CNCc2cccc3c2OCCO3)C1(C)C. The first-order chi connectivity index (χ1) is 9.44. The van der Waals surface area contributed by atoms with E-state index in [9.17, 15) is 0 Å². The van der Waals surface area contributed by atoms with E-state index in [0.717, 1.165) is 30.5 Å². The summed E-state index contributed by atoms with van der Waals surface area (Å²) in [5.74, 6) is 2.54. The second-order valence-corrected chi connectivity index (χ2v) is 7.07. The van der Waals surface area contributed by atoms with Gasteiger partial charge >= 0.3 is 0 Å². The largest absolute Gasteiger partial charge is 0.486 e. The van der Waals surface area contributed by atoms with E-state index in [1.54, 1.807) is 0 Å². The van der Waals surface area contributed by atoms with Crippen LogP contribution in [0.1, 0.15) is 33.3 Å². The molecule has 1 saturated carbocycles. The van der Waals surface area contributed by atoms with E-state index < -0.39 is 0 Å². The van der Waals surface area contributed by atoms with Gasteiger partial charge in [0.15, 0.2) is 11.5 Å². The minimum atomic E-state index is 0.440. The van der Waals surface area contributed by atoms with Crippen molar-refractivity contribution in [2.24, 2.45) is 16.7 Å². The summed E-state index contributed by atoms with van der Waals surface area (Å²) in [6.45, 7) is 12.6. The Morgan fingerprint density at radius 1 is 1.10 bits per heavy atom. The summed E-state index contributed by atoms with van der Waals surface area (Å²) < 4.78 is 11.4. The molecule has 0 unspecified atom stereocenters. The third kappa shape index (κ3) is 2.08. The highest BCUT2D eigenvalue weighted by molar-refractivity contribution is 5.47. The molecule has 0 spiro atoms. The van der Waals surface area contributed by atoms with Crippen molar-refractivity contribution in [3.05, 3.63) is 23.8 Å². The molecule has 1 N–H and O–H groups in total. The maximum absolute atomic E-state index is 5.74. The zero-order valence-corrected chi connectivity index (χ0v) is 13.0. The van der Waals surface area contributed by atoms with Crippen molar-refractivity contribution in [1.82, 2.24) is 5.32 Å². The number of benzene rings is 1. The molecule has 0 aromatic heterocycles. The molecule has 1 fully saturated rings. The molecule has 3 rings (SSSR count). The molecular weight excluding hydrogens is 250 g/mol. The Kier molecular flexibility index (Phi) is 3.20. The lowest BCUT2D eigenvalue weighted by molar-refractivity contribution is 0.169. The van der Waals surface area contributed by atoms with Gasteiger partial charge in [0.2, 0.25) is 0 Å². The van der Waals surface area contributed by atoms with Gasteiger partial charge in [-0.05, 0) is 29.4 Å². The third-order valence-electron chi connectivity index (χ3n) is 5.63. The van der Waals surface area contributed by atoms with Gasteiger partial charge in [0.25, 0.3) is 0 Å². The number of rotatable bonds is 4. The molecule has 0 amide bonds. The average Bonchev–Trinajstić information content (AvgIpc) is 2.81. The fraction of sp³-hybridized carbons (Fsp3) is 0.647. The van der Waals surface area contributed by atoms with Gasteiger partial charge in [-0.3, -0.25) is 0 Å². The van der Waals surface area contributed by atoms with Crippen LogP contribution < -0.4 is 14.8 Å². The van der Waals surface area contributed by atoms with Gasteiger partial charge in [-0.15, -0.1) is 0 Å². The van der Waals surface area contributed by atoms with Crippen molar-refractivity contribution < 1.29 is 9.47 Å². The molecule has 1 aromatic rings. The second-order valence-electron chi connectivity index (χ2n) is 7.07. The predicted octanol–water partition coefficient (Wildman–Crippen LogP) is 3.23. The van der Waals surface area contributed by atoms with Crippen LogP contribution in [-0.4, -0.2) is 19.8 Å². The number of ether oxygens (including phenoxy) is 2. The Hall–Kier alpha value is -1.22.